The molecule has 0 aliphatic heterocycles. The molecule has 6 nitrogen and oxygen atoms in total. The molecule has 0 radical (unpaired) electrons. The molecule has 0 spiro atoms. The minimum absolute atomic E-state index is 0.0707. The number of nitrogens with one attached hydrogen (secondary N) is 2. The van der Waals surface area contributed by atoms with Crippen LogP contribution in [0.2, 0.25) is 0 Å². The Hall–Kier alpha value is -1.08. The zero-order valence-electron chi connectivity index (χ0n) is 12.1. The first-order valence-electron chi connectivity index (χ1n) is 7.15. The molecule has 0 aromatic carbocycles. The van der Waals surface area contributed by atoms with Gasteiger partial charge in [0.05, 0.1) is 5.69 Å². The molecule has 1 aromatic rings. The molecule has 1 amide bonds. The second-order valence-electron chi connectivity index (χ2n) is 5.60. The van der Waals surface area contributed by atoms with Gasteiger partial charge in [0.25, 0.3) is 15.0 Å². The van der Waals surface area contributed by atoms with Crippen LogP contribution in [0.3, 0.4) is 0 Å². The third kappa shape index (κ3) is 3.77. The topological polar surface area (TPSA) is 91.9 Å². The SMILES string of the molecule is CCc1[nH]nc(C(=O)NC2CCC(C)CC2)c1S(=O)(=O)Cl. The van der Waals surface area contributed by atoms with Crippen molar-refractivity contribution in [3.05, 3.63) is 11.4 Å². The highest BCUT2D eigenvalue weighted by Crippen LogP contribution is 2.25. The Morgan fingerprint density at radius 1 is 1.38 bits per heavy atom. The molecule has 1 saturated carbocycles. The monoisotopic (exact) mass is 333 g/mol. The number of hydrogen-bond acceptors (Lipinski definition) is 4. The van der Waals surface area contributed by atoms with Crippen molar-refractivity contribution in [1.29, 1.82) is 0 Å². The fraction of sp³-hybridized carbons (Fsp3) is 0.692. The number of amides is 1. The van der Waals surface area contributed by atoms with E-state index in [1.165, 1.54) is 0 Å². The fourth-order valence-corrected chi connectivity index (χ4v) is 4.03. The summed E-state index contributed by atoms with van der Waals surface area (Å²) in [5, 5.41) is 9.28. The Labute approximate surface area is 129 Å². The first-order valence-corrected chi connectivity index (χ1v) is 9.46. The lowest BCUT2D eigenvalue weighted by Gasteiger charge is -2.26. The molecule has 1 fully saturated rings. The van der Waals surface area contributed by atoms with Crippen LogP contribution in [0, 0.1) is 5.92 Å². The van der Waals surface area contributed by atoms with Crippen LogP contribution in [0.25, 0.3) is 0 Å². The zero-order valence-corrected chi connectivity index (χ0v) is 13.7. The Bertz CT molecular complexity index is 619. The molecule has 1 aliphatic rings. The summed E-state index contributed by atoms with van der Waals surface area (Å²) in [6.07, 6.45) is 4.34. The maximum absolute atomic E-state index is 12.3. The van der Waals surface area contributed by atoms with E-state index in [4.69, 9.17) is 10.7 Å². The van der Waals surface area contributed by atoms with E-state index in [-0.39, 0.29) is 16.6 Å². The number of H-pyrrole nitrogens is 1. The van der Waals surface area contributed by atoms with E-state index in [9.17, 15) is 13.2 Å². The van der Waals surface area contributed by atoms with Crippen LogP contribution >= 0.6 is 10.7 Å². The highest BCUT2D eigenvalue weighted by atomic mass is 35.7. The second-order valence-corrected chi connectivity index (χ2v) is 8.10. The average molecular weight is 334 g/mol. The molecule has 1 aromatic heterocycles. The molecule has 1 aliphatic carbocycles. The van der Waals surface area contributed by atoms with Gasteiger partial charge in [0.15, 0.2) is 5.69 Å². The van der Waals surface area contributed by atoms with E-state index < -0.39 is 15.0 Å². The number of nitrogens with zero attached hydrogens (tertiary/aromatic N) is 1. The molecule has 0 bridgehead atoms. The van der Waals surface area contributed by atoms with Gasteiger partial charge in [-0.25, -0.2) is 8.42 Å². The average Bonchev–Trinajstić information content (AvgIpc) is 2.85. The number of carbonyl (C=O) groups excluding carboxylic acids is 1. The van der Waals surface area contributed by atoms with Crippen molar-refractivity contribution < 1.29 is 13.2 Å². The smallest absolute Gasteiger partial charge is 0.273 e. The minimum Gasteiger partial charge on any atom is -0.348 e. The Balaban J connectivity index is 2.18. The molecule has 0 saturated heterocycles. The van der Waals surface area contributed by atoms with Gasteiger partial charge in [-0.3, -0.25) is 9.89 Å². The largest absolute Gasteiger partial charge is 0.348 e. The standard InChI is InChI=1S/C13H20ClN3O3S/c1-3-10-12(21(14,19)20)11(17-16-10)13(18)15-9-6-4-8(2)5-7-9/h8-9H,3-7H2,1-2H3,(H,15,18)(H,16,17). The lowest BCUT2D eigenvalue weighted by Crippen LogP contribution is -2.38. The van der Waals surface area contributed by atoms with Crippen LogP contribution in [-0.2, 0) is 15.5 Å². The first kappa shape index (κ1) is 16.3. The summed E-state index contributed by atoms with van der Waals surface area (Å²) in [6.45, 7) is 3.96. The van der Waals surface area contributed by atoms with Gasteiger partial charge in [-0.2, -0.15) is 5.10 Å². The second kappa shape index (κ2) is 6.36. The summed E-state index contributed by atoms with van der Waals surface area (Å²) in [4.78, 5) is 12.1. The number of aryl methyl sites for hydroxylation is 1. The van der Waals surface area contributed by atoms with E-state index in [2.05, 4.69) is 22.4 Å². The predicted molar refractivity (Wildman–Crippen MR) is 79.9 cm³/mol. The van der Waals surface area contributed by atoms with E-state index in [1.807, 2.05) is 0 Å². The Kier molecular flexibility index (Phi) is 4.93. The van der Waals surface area contributed by atoms with E-state index in [1.54, 1.807) is 6.92 Å². The van der Waals surface area contributed by atoms with Crippen LogP contribution in [-0.4, -0.2) is 30.6 Å². The maximum Gasteiger partial charge on any atom is 0.273 e. The number of halogens is 1. The van der Waals surface area contributed by atoms with Crippen molar-refractivity contribution in [3.8, 4) is 0 Å². The molecule has 8 heteroatoms. The van der Waals surface area contributed by atoms with Crippen LogP contribution < -0.4 is 5.32 Å². The van der Waals surface area contributed by atoms with Gasteiger partial charge in [0.2, 0.25) is 0 Å². The normalized spacial score (nSPS) is 23.0. The van der Waals surface area contributed by atoms with Gasteiger partial charge >= 0.3 is 0 Å². The van der Waals surface area contributed by atoms with Gasteiger partial charge in [0.1, 0.15) is 4.90 Å². The Morgan fingerprint density at radius 2 is 2.00 bits per heavy atom. The first-order chi connectivity index (χ1) is 9.82. The zero-order chi connectivity index (χ0) is 15.6. The van der Waals surface area contributed by atoms with E-state index >= 15 is 0 Å². The highest BCUT2D eigenvalue weighted by Gasteiger charge is 2.29. The van der Waals surface area contributed by atoms with Crippen molar-refractivity contribution >= 4 is 25.6 Å². The van der Waals surface area contributed by atoms with Crippen LogP contribution in [0.1, 0.15) is 55.7 Å². The third-order valence-electron chi connectivity index (χ3n) is 3.96. The summed E-state index contributed by atoms with van der Waals surface area (Å²) in [5.41, 5.74) is 0.216. The van der Waals surface area contributed by atoms with Crippen molar-refractivity contribution in [2.45, 2.75) is 56.9 Å². The molecule has 0 unspecified atom stereocenters. The molecular weight excluding hydrogens is 314 g/mol. The lowest BCUT2D eigenvalue weighted by molar-refractivity contribution is 0.0914. The van der Waals surface area contributed by atoms with Crippen LogP contribution in [0.4, 0.5) is 0 Å². The number of aromatic amines is 1. The highest BCUT2D eigenvalue weighted by molar-refractivity contribution is 8.13. The fourth-order valence-electron chi connectivity index (χ4n) is 2.68. The van der Waals surface area contributed by atoms with Crippen LogP contribution in [0.5, 0.6) is 0 Å². The van der Waals surface area contributed by atoms with Crippen molar-refractivity contribution in [3.63, 3.8) is 0 Å². The van der Waals surface area contributed by atoms with Gasteiger partial charge in [-0.05, 0) is 38.0 Å². The summed E-state index contributed by atoms with van der Waals surface area (Å²) in [7, 11) is 1.42. The van der Waals surface area contributed by atoms with Gasteiger partial charge in [-0.1, -0.05) is 13.8 Å². The molecule has 118 valence electrons. The number of aromatic nitrogens is 2. The van der Waals surface area contributed by atoms with Crippen molar-refractivity contribution in [2.75, 3.05) is 0 Å². The van der Waals surface area contributed by atoms with Crippen molar-refractivity contribution in [1.82, 2.24) is 15.5 Å². The third-order valence-corrected chi connectivity index (χ3v) is 5.35. The quantitative estimate of drug-likeness (QED) is 0.826. The van der Waals surface area contributed by atoms with Gasteiger partial charge in [0, 0.05) is 16.7 Å². The van der Waals surface area contributed by atoms with E-state index in [0.717, 1.165) is 25.7 Å². The summed E-state index contributed by atoms with van der Waals surface area (Å²) in [6, 6.07) is 0.0707. The molecule has 2 N–H and O–H groups in total. The molecule has 1 heterocycles. The predicted octanol–water partition coefficient (Wildman–Crippen LogP) is 2.21. The summed E-state index contributed by atoms with van der Waals surface area (Å²) < 4.78 is 23.3. The van der Waals surface area contributed by atoms with Gasteiger partial charge < -0.3 is 5.32 Å². The minimum atomic E-state index is -4.01. The summed E-state index contributed by atoms with van der Waals surface area (Å²) in [5.74, 6) is 0.193. The van der Waals surface area contributed by atoms with E-state index in [0.29, 0.717) is 18.0 Å². The van der Waals surface area contributed by atoms with Crippen LogP contribution in [0.15, 0.2) is 4.90 Å². The molecule has 21 heavy (non-hydrogen) atoms. The molecule has 2 rings (SSSR count). The van der Waals surface area contributed by atoms with Crippen molar-refractivity contribution in [2.24, 2.45) is 5.92 Å². The number of rotatable bonds is 4. The van der Waals surface area contributed by atoms with Gasteiger partial charge in [-0.15, -0.1) is 0 Å². The Morgan fingerprint density at radius 3 is 2.52 bits per heavy atom. The molecular formula is C13H20ClN3O3S. The molecule has 0 atom stereocenters. The summed E-state index contributed by atoms with van der Waals surface area (Å²) >= 11 is 0. The number of hydrogen-bond donors (Lipinski definition) is 2. The number of carbonyl (C=O) groups is 1. The maximum atomic E-state index is 12.3. The lowest BCUT2D eigenvalue weighted by atomic mass is 9.87.